The summed E-state index contributed by atoms with van der Waals surface area (Å²) in [5.41, 5.74) is 0.609. The number of furan rings is 1. The van der Waals surface area contributed by atoms with Crippen molar-refractivity contribution in [2.24, 2.45) is 0 Å². The molecule has 0 bridgehead atoms. The maximum atomic E-state index is 13.7. The Morgan fingerprint density at radius 2 is 2.04 bits per heavy atom. The Balaban J connectivity index is 1.56. The number of nitrogens with zero attached hydrogens (tertiary/aromatic N) is 2. The molecule has 28 heavy (non-hydrogen) atoms. The van der Waals surface area contributed by atoms with Gasteiger partial charge >= 0.3 is 0 Å². The fourth-order valence-corrected chi connectivity index (χ4v) is 3.67. The number of halogens is 2. The van der Waals surface area contributed by atoms with Crippen LogP contribution in [0, 0.1) is 11.6 Å². The highest BCUT2D eigenvalue weighted by Gasteiger charge is 2.20. The minimum absolute atomic E-state index is 0.297. The van der Waals surface area contributed by atoms with Gasteiger partial charge in [-0.3, -0.25) is 5.32 Å². The van der Waals surface area contributed by atoms with Gasteiger partial charge in [0, 0.05) is 24.8 Å². The number of sulfone groups is 1. The molecular formula is C18H18F2N4O3S. The molecule has 1 aromatic carbocycles. The summed E-state index contributed by atoms with van der Waals surface area (Å²) in [7, 11) is -3.95. The van der Waals surface area contributed by atoms with Gasteiger partial charge < -0.3 is 9.73 Å². The number of hydrogen-bond donors (Lipinski definition) is 2. The van der Waals surface area contributed by atoms with Crippen molar-refractivity contribution in [1.29, 1.82) is 0 Å². The molecule has 0 aliphatic carbocycles. The van der Waals surface area contributed by atoms with Gasteiger partial charge in [-0.1, -0.05) is 0 Å². The predicted molar refractivity (Wildman–Crippen MR) is 99.2 cm³/mol. The van der Waals surface area contributed by atoms with Crippen molar-refractivity contribution in [3.8, 4) is 11.5 Å². The van der Waals surface area contributed by atoms with Gasteiger partial charge in [-0.15, -0.1) is 0 Å². The topological polar surface area (TPSA) is 97.1 Å². The smallest absolute Gasteiger partial charge is 0.223 e. The largest absolute Gasteiger partial charge is 0.463 e. The Morgan fingerprint density at radius 1 is 1.21 bits per heavy atom. The van der Waals surface area contributed by atoms with E-state index in [9.17, 15) is 17.2 Å². The van der Waals surface area contributed by atoms with Crippen LogP contribution in [-0.4, -0.2) is 36.8 Å². The van der Waals surface area contributed by atoms with Crippen LogP contribution in [0.25, 0.3) is 11.5 Å². The van der Waals surface area contributed by atoms with Gasteiger partial charge in [-0.05, 0) is 37.3 Å². The lowest BCUT2D eigenvalue weighted by Gasteiger charge is -2.15. The molecule has 0 spiro atoms. The van der Waals surface area contributed by atoms with E-state index in [-0.39, 0.29) is 6.04 Å². The number of benzene rings is 1. The van der Waals surface area contributed by atoms with E-state index in [1.165, 1.54) is 0 Å². The van der Waals surface area contributed by atoms with Crippen molar-refractivity contribution < 1.29 is 21.6 Å². The molecule has 10 heteroatoms. The minimum Gasteiger partial charge on any atom is -0.463 e. The molecule has 1 unspecified atom stereocenters. The molecule has 7 nitrogen and oxygen atoms in total. The molecule has 3 aromatic rings. The summed E-state index contributed by atoms with van der Waals surface area (Å²) >= 11 is 0. The first kappa shape index (κ1) is 19.9. The summed E-state index contributed by atoms with van der Waals surface area (Å²) in [6.07, 6.45) is 3.12. The van der Waals surface area contributed by atoms with Crippen LogP contribution in [0.15, 0.2) is 58.2 Å². The molecule has 148 valence electrons. The fourth-order valence-electron chi connectivity index (χ4n) is 2.38. The van der Waals surface area contributed by atoms with E-state index in [4.69, 9.17) is 4.42 Å². The van der Waals surface area contributed by atoms with Crippen LogP contribution < -0.4 is 10.6 Å². The average molecular weight is 408 g/mol. The van der Waals surface area contributed by atoms with Gasteiger partial charge in [0.05, 0.1) is 6.26 Å². The van der Waals surface area contributed by atoms with Gasteiger partial charge in [0.15, 0.2) is 15.6 Å². The van der Waals surface area contributed by atoms with Crippen molar-refractivity contribution >= 4 is 15.8 Å². The molecule has 0 saturated heterocycles. The SMILES string of the molecule is CC(CNc1nccc(-c2ccco2)n1)NCS(=O)(=O)c1ccc(F)cc1F. The monoisotopic (exact) mass is 408 g/mol. The molecule has 0 aliphatic heterocycles. The zero-order valence-corrected chi connectivity index (χ0v) is 15.7. The Kier molecular flexibility index (Phi) is 6.00. The summed E-state index contributed by atoms with van der Waals surface area (Å²) in [6, 6.07) is 7.30. The normalized spacial score (nSPS) is 12.7. The first-order chi connectivity index (χ1) is 13.3. The van der Waals surface area contributed by atoms with E-state index in [2.05, 4.69) is 20.6 Å². The summed E-state index contributed by atoms with van der Waals surface area (Å²) in [4.78, 5) is 7.87. The van der Waals surface area contributed by atoms with Gasteiger partial charge in [-0.2, -0.15) is 0 Å². The van der Waals surface area contributed by atoms with Gasteiger partial charge in [-0.25, -0.2) is 27.2 Å². The first-order valence-electron chi connectivity index (χ1n) is 8.37. The van der Waals surface area contributed by atoms with Crippen LogP contribution in [0.2, 0.25) is 0 Å². The number of anilines is 1. The van der Waals surface area contributed by atoms with E-state index in [0.29, 0.717) is 30.0 Å². The molecule has 0 amide bonds. The molecule has 3 rings (SSSR count). The molecule has 2 aromatic heterocycles. The summed E-state index contributed by atoms with van der Waals surface area (Å²) in [5.74, 6) is -1.49. The molecule has 2 N–H and O–H groups in total. The molecule has 0 radical (unpaired) electrons. The van der Waals surface area contributed by atoms with E-state index in [0.717, 1.165) is 12.1 Å². The standard InChI is InChI=1S/C18H18F2N4O3S/c1-12(23-11-28(25,26)17-5-4-13(19)9-14(17)20)10-22-18-21-7-6-15(24-18)16-3-2-8-27-16/h2-9,12,23H,10-11H2,1H3,(H,21,22,24). The van der Waals surface area contributed by atoms with Crippen molar-refractivity contribution in [1.82, 2.24) is 15.3 Å². The number of rotatable bonds is 8. The van der Waals surface area contributed by atoms with Crippen LogP contribution in [0.5, 0.6) is 0 Å². The van der Waals surface area contributed by atoms with Crippen LogP contribution in [0.1, 0.15) is 6.92 Å². The fraction of sp³-hybridized carbons (Fsp3) is 0.222. The van der Waals surface area contributed by atoms with Crippen molar-refractivity contribution in [3.63, 3.8) is 0 Å². The third-order valence-corrected chi connectivity index (χ3v) is 5.39. The Labute approximate surface area is 160 Å². The lowest BCUT2D eigenvalue weighted by atomic mass is 10.3. The van der Waals surface area contributed by atoms with Crippen LogP contribution in [0.4, 0.5) is 14.7 Å². The Morgan fingerprint density at radius 3 is 2.75 bits per heavy atom. The average Bonchev–Trinajstić information content (AvgIpc) is 3.19. The van der Waals surface area contributed by atoms with Crippen molar-refractivity contribution in [2.45, 2.75) is 17.9 Å². The Hall–Kier alpha value is -2.85. The molecular weight excluding hydrogens is 390 g/mol. The highest BCUT2D eigenvalue weighted by atomic mass is 32.2. The number of aromatic nitrogens is 2. The van der Waals surface area contributed by atoms with Crippen LogP contribution in [-0.2, 0) is 9.84 Å². The quantitative estimate of drug-likeness (QED) is 0.553. The lowest BCUT2D eigenvalue weighted by molar-refractivity contribution is 0.539. The summed E-state index contributed by atoms with van der Waals surface area (Å²) < 4.78 is 56.4. The third-order valence-electron chi connectivity index (χ3n) is 3.85. The zero-order valence-electron chi connectivity index (χ0n) is 14.9. The second-order valence-corrected chi connectivity index (χ2v) is 8.02. The molecule has 0 fully saturated rings. The molecule has 2 heterocycles. The molecule has 1 atom stereocenters. The highest BCUT2D eigenvalue weighted by molar-refractivity contribution is 7.91. The highest BCUT2D eigenvalue weighted by Crippen LogP contribution is 2.18. The van der Waals surface area contributed by atoms with Crippen molar-refractivity contribution in [3.05, 3.63) is 60.5 Å². The molecule has 0 saturated carbocycles. The minimum atomic E-state index is -3.95. The van der Waals surface area contributed by atoms with E-state index in [1.807, 2.05) is 0 Å². The van der Waals surface area contributed by atoms with Crippen LogP contribution in [0.3, 0.4) is 0 Å². The maximum absolute atomic E-state index is 13.7. The van der Waals surface area contributed by atoms with Crippen molar-refractivity contribution in [2.75, 3.05) is 17.7 Å². The Bertz CT molecular complexity index is 1040. The predicted octanol–water partition coefficient (Wildman–Crippen LogP) is 2.84. The third kappa shape index (κ3) is 4.90. The van der Waals surface area contributed by atoms with E-state index < -0.39 is 32.2 Å². The number of nitrogens with one attached hydrogen (secondary N) is 2. The van der Waals surface area contributed by atoms with Crippen LogP contribution >= 0.6 is 0 Å². The van der Waals surface area contributed by atoms with E-state index in [1.54, 1.807) is 37.6 Å². The van der Waals surface area contributed by atoms with E-state index >= 15 is 0 Å². The summed E-state index contributed by atoms with van der Waals surface area (Å²) in [6.45, 7) is 2.07. The van der Waals surface area contributed by atoms with Gasteiger partial charge in [0.1, 0.15) is 28.1 Å². The summed E-state index contributed by atoms with van der Waals surface area (Å²) in [5, 5.41) is 5.79. The van der Waals surface area contributed by atoms with Gasteiger partial charge in [0.25, 0.3) is 0 Å². The second kappa shape index (κ2) is 8.44. The lowest BCUT2D eigenvalue weighted by Crippen LogP contribution is -2.36. The van der Waals surface area contributed by atoms with Gasteiger partial charge in [0.2, 0.25) is 5.95 Å². The number of hydrogen-bond acceptors (Lipinski definition) is 7. The zero-order chi connectivity index (χ0) is 20.1. The first-order valence-corrected chi connectivity index (χ1v) is 10.0. The maximum Gasteiger partial charge on any atom is 0.223 e. The second-order valence-electron chi connectivity index (χ2n) is 6.06. The molecule has 0 aliphatic rings.